The smallest absolute Gasteiger partial charge is 0.387 e. The number of hydrogen-bond donors (Lipinski definition) is 1. The quantitative estimate of drug-likeness (QED) is 0.874. The van der Waals surface area contributed by atoms with Gasteiger partial charge in [-0.05, 0) is 18.1 Å². The van der Waals surface area contributed by atoms with Crippen LogP contribution in [0, 0.1) is 0 Å². The van der Waals surface area contributed by atoms with Crippen LogP contribution in [0.15, 0.2) is 24.3 Å². The molecule has 1 aromatic rings. The van der Waals surface area contributed by atoms with Gasteiger partial charge in [0.25, 0.3) is 0 Å². The average molecular weight is 236 g/mol. The van der Waals surface area contributed by atoms with Crippen LogP contribution in [0.1, 0.15) is 17.9 Å². The molecule has 1 fully saturated rings. The normalized spacial score (nSPS) is 23.5. The number of benzene rings is 1. The molecule has 84 valence electrons. The van der Waals surface area contributed by atoms with E-state index in [1.165, 1.54) is 0 Å². The van der Waals surface area contributed by atoms with E-state index in [9.17, 15) is 8.78 Å². The number of alkyl halides is 2. The van der Waals surface area contributed by atoms with Gasteiger partial charge in [-0.1, -0.05) is 18.2 Å². The summed E-state index contributed by atoms with van der Waals surface area (Å²) < 4.78 is 28.5. The van der Waals surface area contributed by atoms with Crippen molar-refractivity contribution in [1.82, 2.24) is 0 Å². The first kappa shape index (κ1) is 12.2. The van der Waals surface area contributed by atoms with Crippen LogP contribution < -0.4 is 10.5 Å². The molecule has 2 N–H and O–H groups in total. The minimum Gasteiger partial charge on any atom is -0.435 e. The van der Waals surface area contributed by atoms with Gasteiger partial charge in [0.1, 0.15) is 5.75 Å². The summed E-state index contributed by atoms with van der Waals surface area (Å²) in [4.78, 5) is 0. The van der Waals surface area contributed by atoms with Gasteiger partial charge >= 0.3 is 6.61 Å². The first-order valence-electron chi connectivity index (χ1n) is 4.48. The van der Waals surface area contributed by atoms with Gasteiger partial charge in [0.2, 0.25) is 0 Å². The zero-order valence-electron chi connectivity index (χ0n) is 7.90. The summed E-state index contributed by atoms with van der Waals surface area (Å²) in [5.74, 6) is 0.436. The minimum atomic E-state index is -2.77. The summed E-state index contributed by atoms with van der Waals surface area (Å²) in [6.07, 6.45) is 0.851. The van der Waals surface area contributed by atoms with Gasteiger partial charge < -0.3 is 10.5 Å². The third kappa shape index (κ3) is 2.79. The molecule has 15 heavy (non-hydrogen) atoms. The molecule has 0 heterocycles. The van der Waals surface area contributed by atoms with Crippen LogP contribution in [-0.4, -0.2) is 12.7 Å². The van der Waals surface area contributed by atoms with Crippen LogP contribution in [0.5, 0.6) is 5.75 Å². The molecule has 2 unspecified atom stereocenters. The highest BCUT2D eigenvalue weighted by Gasteiger charge is 2.37. The van der Waals surface area contributed by atoms with Crippen molar-refractivity contribution in [3.8, 4) is 5.75 Å². The number of halogens is 3. The largest absolute Gasteiger partial charge is 0.435 e. The summed E-state index contributed by atoms with van der Waals surface area (Å²) in [5.41, 5.74) is 6.45. The summed E-state index contributed by atoms with van der Waals surface area (Å²) in [5, 5.41) is 0. The van der Waals surface area contributed by atoms with Gasteiger partial charge in [-0.25, -0.2) is 0 Å². The fourth-order valence-electron chi connectivity index (χ4n) is 1.56. The molecule has 1 aliphatic rings. The van der Waals surface area contributed by atoms with Gasteiger partial charge in [-0.15, -0.1) is 12.4 Å². The topological polar surface area (TPSA) is 35.2 Å². The zero-order valence-corrected chi connectivity index (χ0v) is 8.71. The zero-order chi connectivity index (χ0) is 10.1. The first-order chi connectivity index (χ1) is 6.68. The van der Waals surface area contributed by atoms with Crippen molar-refractivity contribution in [3.05, 3.63) is 29.8 Å². The van der Waals surface area contributed by atoms with Crippen molar-refractivity contribution < 1.29 is 13.5 Å². The standard InChI is InChI=1S/C10H11F2NO.ClH/c11-10(12)14-9-4-2-1-3-6(9)7-5-8(7)13;/h1-4,7-8,10H,5,13H2;1H. The lowest BCUT2D eigenvalue weighted by molar-refractivity contribution is -0.0504. The maximum atomic E-state index is 12.0. The van der Waals surface area contributed by atoms with Gasteiger partial charge in [0, 0.05) is 12.0 Å². The molecule has 0 spiro atoms. The summed E-state index contributed by atoms with van der Waals surface area (Å²) >= 11 is 0. The number of para-hydroxylation sites is 1. The Hall–Kier alpha value is -0.870. The molecule has 0 saturated heterocycles. The molecular weight excluding hydrogens is 224 g/mol. The van der Waals surface area contributed by atoms with Crippen molar-refractivity contribution in [2.75, 3.05) is 0 Å². The van der Waals surface area contributed by atoms with Gasteiger partial charge in [0.05, 0.1) is 0 Å². The Kier molecular flexibility index (Phi) is 3.88. The van der Waals surface area contributed by atoms with E-state index in [1.54, 1.807) is 24.3 Å². The highest BCUT2D eigenvalue weighted by molar-refractivity contribution is 5.85. The molecular formula is C10H12ClF2NO. The van der Waals surface area contributed by atoms with Crippen LogP contribution in [0.25, 0.3) is 0 Å². The summed E-state index contributed by atoms with van der Waals surface area (Å²) in [6, 6.07) is 6.91. The monoisotopic (exact) mass is 235 g/mol. The lowest BCUT2D eigenvalue weighted by atomic mass is 10.1. The minimum absolute atomic E-state index is 0. The van der Waals surface area contributed by atoms with Gasteiger partial charge in [-0.3, -0.25) is 0 Å². The predicted molar refractivity (Wildman–Crippen MR) is 55.7 cm³/mol. The number of nitrogens with two attached hydrogens (primary N) is 1. The van der Waals surface area contributed by atoms with E-state index in [2.05, 4.69) is 4.74 Å². The third-order valence-electron chi connectivity index (χ3n) is 2.37. The van der Waals surface area contributed by atoms with E-state index in [0.717, 1.165) is 12.0 Å². The second-order valence-electron chi connectivity index (χ2n) is 3.42. The Balaban J connectivity index is 0.00000112. The van der Waals surface area contributed by atoms with E-state index in [0.29, 0.717) is 0 Å². The van der Waals surface area contributed by atoms with Crippen LogP contribution in [0.3, 0.4) is 0 Å². The van der Waals surface area contributed by atoms with E-state index in [1.807, 2.05) is 0 Å². The highest BCUT2D eigenvalue weighted by atomic mass is 35.5. The molecule has 1 aliphatic carbocycles. The van der Waals surface area contributed by atoms with Crippen molar-refractivity contribution in [3.63, 3.8) is 0 Å². The molecule has 0 aliphatic heterocycles. The number of ether oxygens (including phenoxy) is 1. The average Bonchev–Trinajstić information content (AvgIpc) is 2.82. The molecule has 2 atom stereocenters. The molecule has 0 radical (unpaired) electrons. The van der Waals surface area contributed by atoms with E-state index in [4.69, 9.17) is 5.73 Å². The Bertz CT molecular complexity index is 335. The van der Waals surface area contributed by atoms with Crippen molar-refractivity contribution in [2.24, 2.45) is 5.73 Å². The molecule has 2 nitrogen and oxygen atoms in total. The maximum Gasteiger partial charge on any atom is 0.387 e. The predicted octanol–water partition coefficient (Wildman–Crippen LogP) is 2.52. The van der Waals surface area contributed by atoms with Gasteiger partial charge in [0.15, 0.2) is 0 Å². The van der Waals surface area contributed by atoms with Gasteiger partial charge in [-0.2, -0.15) is 8.78 Å². The fraction of sp³-hybridized carbons (Fsp3) is 0.400. The second kappa shape index (κ2) is 4.77. The van der Waals surface area contributed by atoms with E-state index in [-0.39, 0.29) is 30.1 Å². The van der Waals surface area contributed by atoms with Crippen LogP contribution in [0.2, 0.25) is 0 Å². The molecule has 5 heteroatoms. The highest BCUT2D eigenvalue weighted by Crippen LogP contribution is 2.43. The Morgan fingerprint density at radius 1 is 1.33 bits per heavy atom. The van der Waals surface area contributed by atoms with Crippen molar-refractivity contribution in [2.45, 2.75) is 25.0 Å². The lowest BCUT2D eigenvalue weighted by Crippen LogP contribution is -2.06. The number of rotatable bonds is 3. The summed E-state index contributed by atoms with van der Waals surface area (Å²) in [7, 11) is 0. The van der Waals surface area contributed by atoms with Crippen molar-refractivity contribution in [1.29, 1.82) is 0 Å². The third-order valence-corrected chi connectivity index (χ3v) is 2.37. The fourth-order valence-corrected chi connectivity index (χ4v) is 1.56. The van der Waals surface area contributed by atoms with Crippen LogP contribution in [-0.2, 0) is 0 Å². The second-order valence-corrected chi connectivity index (χ2v) is 3.42. The van der Waals surface area contributed by atoms with Crippen LogP contribution >= 0.6 is 12.4 Å². The Morgan fingerprint density at radius 2 is 1.93 bits per heavy atom. The molecule has 0 bridgehead atoms. The molecule has 0 amide bonds. The molecule has 0 aromatic heterocycles. The maximum absolute atomic E-state index is 12.0. The number of hydrogen-bond acceptors (Lipinski definition) is 2. The SMILES string of the molecule is Cl.NC1CC1c1ccccc1OC(F)F. The summed E-state index contributed by atoms with van der Waals surface area (Å²) in [6.45, 7) is -2.77. The van der Waals surface area contributed by atoms with Crippen molar-refractivity contribution >= 4 is 12.4 Å². The van der Waals surface area contributed by atoms with E-state index >= 15 is 0 Å². The molecule has 1 aromatic carbocycles. The Morgan fingerprint density at radius 3 is 2.47 bits per heavy atom. The molecule has 1 saturated carbocycles. The Labute approximate surface area is 92.8 Å². The van der Waals surface area contributed by atoms with Crippen LogP contribution in [0.4, 0.5) is 8.78 Å². The first-order valence-corrected chi connectivity index (χ1v) is 4.48. The van der Waals surface area contributed by atoms with E-state index < -0.39 is 6.61 Å². The lowest BCUT2D eigenvalue weighted by Gasteiger charge is -2.09. The molecule has 2 rings (SSSR count).